The Hall–Kier alpha value is -7.52. The second kappa shape index (κ2) is 13.0. The van der Waals surface area contributed by atoms with E-state index in [1.165, 1.54) is 102 Å². The van der Waals surface area contributed by atoms with Gasteiger partial charge in [-0.25, -0.2) is 0 Å². The zero-order chi connectivity index (χ0) is 39.3. The third-order valence-electron chi connectivity index (χ3n) is 12.6. The van der Waals surface area contributed by atoms with Crippen molar-refractivity contribution in [2.75, 3.05) is 0 Å². The lowest BCUT2D eigenvalue weighted by Crippen LogP contribution is -1.91. The predicted molar refractivity (Wildman–Crippen MR) is 258 cm³/mol. The van der Waals surface area contributed by atoms with E-state index in [0.29, 0.717) is 0 Å². The smallest absolute Gasteiger partial charge is 0.136 e. The topological polar surface area (TPSA) is 13.1 Å². The highest BCUT2D eigenvalue weighted by molar-refractivity contribution is 7.25. The monoisotopic (exact) mass is 778 g/mol. The van der Waals surface area contributed by atoms with E-state index in [1.54, 1.807) is 0 Å². The predicted octanol–water partition coefficient (Wildman–Crippen LogP) is 17.2. The fourth-order valence-electron chi connectivity index (χ4n) is 10.1. The van der Waals surface area contributed by atoms with E-state index >= 15 is 0 Å². The number of fused-ring (bicyclic) bond motifs is 10. The van der Waals surface area contributed by atoms with Gasteiger partial charge in [0.2, 0.25) is 0 Å². The van der Waals surface area contributed by atoms with Crippen molar-refractivity contribution in [3.8, 4) is 44.5 Å². The second-order valence-corrected chi connectivity index (χ2v) is 17.0. The van der Waals surface area contributed by atoms with Crippen molar-refractivity contribution >= 4 is 96.5 Å². The number of furan rings is 1. The van der Waals surface area contributed by atoms with Crippen LogP contribution in [0, 0.1) is 0 Å². The lowest BCUT2D eigenvalue weighted by molar-refractivity contribution is 0.669. The van der Waals surface area contributed by atoms with Crippen LogP contribution in [-0.2, 0) is 0 Å². The first-order valence-electron chi connectivity index (χ1n) is 20.6. The molecule has 1 nitrogen and oxygen atoms in total. The number of para-hydroxylation sites is 1. The van der Waals surface area contributed by atoms with Gasteiger partial charge in [-0.3, -0.25) is 0 Å². The van der Waals surface area contributed by atoms with Crippen LogP contribution in [0.3, 0.4) is 0 Å². The third kappa shape index (κ3) is 4.92. The largest absolute Gasteiger partial charge is 0.456 e. The molecule has 0 aliphatic heterocycles. The average Bonchev–Trinajstić information content (AvgIpc) is 3.87. The minimum Gasteiger partial charge on any atom is -0.456 e. The Bertz CT molecular complexity index is 3770. The summed E-state index contributed by atoms with van der Waals surface area (Å²) in [6, 6.07) is 75.7. The molecule has 2 heteroatoms. The van der Waals surface area contributed by atoms with Crippen LogP contribution in [0.2, 0.25) is 0 Å². The number of rotatable bonds is 4. The highest BCUT2D eigenvalue weighted by Gasteiger charge is 2.20. The summed E-state index contributed by atoms with van der Waals surface area (Å²) in [6.45, 7) is 0. The van der Waals surface area contributed by atoms with Crippen LogP contribution in [-0.4, -0.2) is 0 Å². The number of hydrogen-bond donors (Lipinski definition) is 0. The Morgan fingerprint density at radius 2 is 0.633 bits per heavy atom. The molecule has 0 aliphatic rings. The van der Waals surface area contributed by atoms with Crippen molar-refractivity contribution in [2.45, 2.75) is 0 Å². The van der Waals surface area contributed by atoms with Gasteiger partial charge in [-0.2, -0.15) is 0 Å². The van der Waals surface area contributed by atoms with Crippen LogP contribution in [0.15, 0.2) is 211 Å². The highest BCUT2D eigenvalue weighted by Crippen LogP contribution is 2.48. The molecule has 278 valence electrons. The van der Waals surface area contributed by atoms with Gasteiger partial charge in [0.05, 0.1) is 0 Å². The summed E-state index contributed by atoms with van der Waals surface area (Å²) >= 11 is 1.89. The average molecular weight is 779 g/mol. The van der Waals surface area contributed by atoms with Crippen molar-refractivity contribution in [3.05, 3.63) is 206 Å². The van der Waals surface area contributed by atoms with Crippen molar-refractivity contribution in [2.24, 2.45) is 0 Å². The summed E-state index contributed by atoms with van der Waals surface area (Å²) < 4.78 is 8.99. The Morgan fingerprint density at radius 3 is 1.18 bits per heavy atom. The number of thiophene rings is 1. The fraction of sp³-hybridized carbons (Fsp3) is 0. The first-order chi connectivity index (χ1) is 29.8. The molecule has 0 radical (unpaired) electrons. The van der Waals surface area contributed by atoms with Gasteiger partial charge in [0.1, 0.15) is 11.2 Å². The quantitative estimate of drug-likeness (QED) is 0.162. The van der Waals surface area contributed by atoms with Gasteiger partial charge in [0.15, 0.2) is 0 Å². The zero-order valence-electron chi connectivity index (χ0n) is 32.4. The molecule has 0 saturated heterocycles. The van der Waals surface area contributed by atoms with E-state index in [-0.39, 0.29) is 0 Å². The fourth-order valence-corrected chi connectivity index (χ4v) is 11.2. The zero-order valence-corrected chi connectivity index (χ0v) is 33.3. The Morgan fingerprint density at radius 1 is 0.233 bits per heavy atom. The van der Waals surface area contributed by atoms with Crippen molar-refractivity contribution in [1.29, 1.82) is 0 Å². The molecule has 0 bridgehead atoms. The van der Waals surface area contributed by atoms with Gasteiger partial charge in [-0.15, -0.1) is 11.3 Å². The molecule has 2 heterocycles. The van der Waals surface area contributed by atoms with Gasteiger partial charge in [0, 0.05) is 30.9 Å². The molecule has 0 N–H and O–H groups in total. The van der Waals surface area contributed by atoms with Crippen molar-refractivity contribution < 1.29 is 4.42 Å². The third-order valence-corrected chi connectivity index (χ3v) is 13.8. The molecule has 0 aliphatic carbocycles. The first-order valence-corrected chi connectivity index (χ1v) is 21.4. The second-order valence-electron chi connectivity index (χ2n) is 15.9. The van der Waals surface area contributed by atoms with E-state index in [2.05, 4.69) is 200 Å². The molecule has 2 aromatic heterocycles. The van der Waals surface area contributed by atoms with Crippen LogP contribution in [0.25, 0.3) is 130 Å². The summed E-state index contributed by atoms with van der Waals surface area (Å²) in [4.78, 5) is 0. The Balaban J connectivity index is 0.995. The van der Waals surface area contributed by atoms with Crippen LogP contribution in [0.4, 0.5) is 0 Å². The molecule has 0 fully saturated rings. The summed E-state index contributed by atoms with van der Waals surface area (Å²) in [6.07, 6.45) is 0. The van der Waals surface area contributed by atoms with E-state index in [0.717, 1.165) is 27.5 Å². The molecule has 13 rings (SSSR count). The van der Waals surface area contributed by atoms with E-state index < -0.39 is 0 Å². The molecule has 60 heavy (non-hydrogen) atoms. The van der Waals surface area contributed by atoms with E-state index in [9.17, 15) is 0 Å². The van der Waals surface area contributed by atoms with Crippen LogP contribution in [0.5, 0.6) is 0 Å². The molecule has 0 saturated carbocycles. The van der Waals surface area contributed by atoms with Crippen LogP contribution < -0.4 is 0 Å². The van der Waals surface area contributed by atoms with Crippen LogP contribution in [0.1, 0.15) is 0 Å². The summed E-state index contributed by atoms with van der Waals surface area (Å²) in [5.41, 5.74) is 11.8. The Kier molecular flexibility index (Phi) is 7.24. The first kappa shape index (κ1) is 33.5. The van der Waals surface area contributed by atoms with Gasteiger partial charge >= 0.3 is 0 Å². The molecule has 0 spiro atoms. The number of benzene rings is 11. The van der Waals surface area contributed by atoms with Gasteiger partial charge < -0.3 is 4.42 Å². The van der Waals surface area contributed by atoms with Gasteiger partial charge in [-0.05, 0) is 124 Å². The molecule has 0 amide bonds. The van der Waals surface area contributed by atoms with Crippen molar-refractivity contribution in [1.82, 2.24) is 0 Å². The minimum absolute atomic E-state index is 0.912. The van der Waals surface area contributed by atoms with E-state index in [4.69, 9.17) is 4.42 Å². The maximum atomic E-state index is 6.39. The normalized spacial score (nSPS) is 12.0. The summed E-state index contributed by atoms with van der Waals surface area (Å²) in [5, 5.41) is 14.9. The molecule has 0 unspecified atom stereocenters. The molecule has 11 aromatic carbocycles. The highest BCUT2D eigenvalue weighted by atomic mass is 32.1. The van der Waals surface area contributed by atoms with E-state index in [1.807, 2.05) is 17.4 Å². The van der Waals surface area contributed by atoms with Crippen LogP contribution >= 0.6 is 11.3 Å². The molecule has 0 atom stereocenters. The number of hydrogen-bond acceptors (Lipinski definition) is 2. The molecular weight excluding hydrogens is 745 g/mol. The molecular formula is C58H34OS. The van der Waals surface area contributed by atoms with Gasteiger partial charge in [0.25, 0.3) is 0 Å². The summed E-state index contributed by atoms with van der Waals surface area (Å²) in [7, 11) is 0. The maximum absolute atomic E-state index is 6.39. The standard InChI is InChI=1S/C58H34OS/c1-2-14-35(15-3-1)55-42-17-4-6-19-44(42)58(45-20-7-5-18-43(45)55)38-27-30-41-50-32-36(28-31-53(50)60-54(41)34-38)56-46-21-8-10-23-48(46)57(49-24-11-9-22-47(49)56)37-26-29-40-39-16-12-13-25-51(39)59-52(40)33-37/h1-34H. The summed E-state index contributed by atoms with van der Waals surface area (Å²) in [5.74, 6) is 0. The SMILES string of the molecule is c1ccc(-c2c3ccccc3c(-c3ccc4c(c3)sc3ccc(-c5c6ccccc6c(-c6ccc7c(c6)oc6ccccc67)c6ccccc56)cc34)c3ccccc23)cc1. The minimum atomic E-state index is 0.912. The molecule has 13 aromatic rings. The lowest BCUT2D eigenvalue weighted by atomic mass is 9.85. The maximum Gasteiger partial charge on any atom is 0.136 e. The van der Waals surface area contributed by atoms with Crippen molar-refractivity contribution in [3.63, 3.8) is 0 Å². The Labute approximate surface area is 350 Å². The lowest BCUT2D eigenvalue weighted by Gasteiger charge is -2.18. The van der Waals surface area contributed by atoms with Gasteiger partial charge in [-0.1, -0.05) is 170 Å².